The molecule has 1 atom stereocenters. The summed E-state index contributed by atoms with van der Waals surface area (Å²) in [7, 11) is 0. The summed E-state index contributed by atoms with van der Waals surface area (Å²) in [6.45, 7) is 4.95. The fourth-order valence-corrected chi connectivity index (χ4v) is 2.07. The van der Waals surface area contributed by atoms with Gasteiger partial charge in [-0.1, -0.05) is 13.8 Å². The number of nitrogens with two attached hydrogens (primary N) is 1. The number of amides is 2. The van der Waals surface area contributed by atoms with Gasteiger partial charge in [-0.2, -0.15) is 0 Å². The quantitative estimate of drug-likeness (QED) is 0.658. The second-order valence-electron chi connectivity index (χ2n) is 4.83. The summed E-state index contributed by atoms with van der Waals surface area (Å²) >= 11 is 0. The molecule has 6 heteroatoms. The summed E-state index contributed by atoms with van der Waals surface area (Å²) in [5.41, 5.74) is 5.18. The Bertz CT molecular complexity index is 286. The van der Waals surface area contributed by atoms with Crippen molar-refractivity contribution >= 4 is 12.0 Å². The minimum atomic E-state index is -0.822. The molecule has 0 aromatic rings. The van der Waals surface area contributed by atoms with E-state index in [2.05, 4.69) is 5.32 Å². The Labute approximate surface area is 101 Å². The van der Waals surface area contributed by atoms with E-state index in [0.717, 1.165) is 12.8 Å². The van der Waals surface area contributed by atoms with E-state index in [4.69, 9.17) is 10.8 Å². The summed E-state index contributed by atoms with van der Waals surface area (Å²) < 4.78 is 0. The number of nitrogens with zero attached hydrogens (tertiary/aromatic N) is 1. The molecule has 2 amide bonds. The average molecular weight is 243 g/mol. The Morgan fingerprint density at radius 1 is 1.35 bits per heavy atom. The third kappa shape index (κ3) is 3.89. The van der Waals surface area contributed by atoms with Gasteiger partial charge in [-0.05, 0) is 18.8 Å². The highest BCUT2D eigenvalue weighted by molar-refractivity contribution is 5.74. The molecule has 1 saturated heterocycles. The van der Waals surface area contributed by atoms with Crippen LogP contribution in [-0.2, 0) is 4.79 Å². The van der Waals surface area contributed by atoms with Gasteiger partial charge in [0.25, 0.3) is 0 Å². The molecule has 0 aliphatic carbocycles. The highest BCUT2D eigenvalue weighted by atomic mass is 16.4. The number of aliphatic carboxylic acids is 1. The SMILES string of the molecule is CC(C)C(NC1CCN(C(N)=O)CC1)C(=O)O. The molecule has 1 rings (SSSR count). The molecule has 1 aliphatic rings. The number of rotatable bonds is 4. The third-order valence-corrected chi connectivity index (χ3v) is 3.15. The van der Waals surface area contributed by atoms with E-state index in [1.54, 1.807) is 4.90 Å². The number of piperidine rings is 1. The maximum atomic E-state index is 11.0. The Morgan fingerprint density at radius 3 is 2.24 bits per heavy atom. The van der Waals surface area contributed by atoms with E-state index < -0.39 is 18.0 Å². The lowest BCUT2D eigenvalue weighted by atomic mass is 9.99. The number of likely N-dealkylation sites (tertiary alicyclic amines) is 1. The van der Waals surface area contributed by atoms with E-state index in [1.807, 2.05) is 13.8 Å². The van der Waals surface area contributed by atoms with Crippen molar-refractivity contribution in [2.75, 3.05) is 13.1 Å². The first-order chi connectivity index (χ1) is 7.91. The largest absolute Gasteiger partial charge is 0.480 e. The molecule has 0 aromatic carbocycles. The second kappa shape index (κ2) is 5.86. The summed E-state index contributed by atoms with van der Waals surface area (Å²) in [4.78, 5) is 23.6. The van der Waals surface area contributed by atoms with Crippen LogP contribution in [0.15, 0.2) is 0 Å². The lowest BCUT2D eigenvalue weighted by Crippen LogP contribution is -2.52. The first-order valence-corrected chi connectivity index (χ1v) is 5.95. The third-order valence-electron chi connectivity index (χ3n) is 3.15. The molecule has 0 aromatic heterocycles. The summed E-state index contributed by atoms with van der Waals surface area (Å²) in [5.74, 6) is -0.779. The van der Waals surface area contributed by atoms with Crippen LogP contribution < -0.4 is 11.1 Å². The number of urea groups is 1. The van der Waals surface area contributed by atoms with Gasteiger partial charge >= 0.3 is 12.0 Å². The molecular weight excluding hydrogens is 222 g/mol. The van der Waals surface area contributed by atoms with E-state index in [9.17, 15) is 9.59 Å². The van der Waals surface area contributed by atoms with Gasteiger partial charge in [0.15, 0.2) is 0 Å². The van der Waals surface area contributed by atoms with Gasteiger partial charge in [0.05, 0.1) is 0 Å². The molecular formula is C11H21N3O3. The van der Waals surface area contributed by atoms with Gasteiger partial charge in [-0.3, -0.25) is 4.79 Å². The number of carbonyl (C=O) groups is 2. The van der Waals surface area contributed by atoms with Gasteiger partial charge in [-0.15, -0.1) is 0 Å². The van der Waals surface area contributed by atoms with Crippen LogP contribution in [0.25, 0.3) is 0 Å². The number of hydrogen-bond donors (Lipinski definition) is 3. The number of carboxylic acids is 1. The van der Waals surface area contributed by atoms with Crippen LogP contribution in [0.3, 0.4) is 0 Å². The van der Waals surface area contributed by atoms with Crippen molar-refractivity contribution < 1.29 is 14.7 Å². The van der Waals surface area contributed by atoms with Crippen molar-refractivity contribution in [3.05, 3.63) is 0 Å². The number of primary amides is 1. The zero-order chi connectivity index (χ0) is 13.0. The summed E-state index contributed by atoms with van der Waals surface area (Å²) in [5, 5.41) is 12.2. The molecule has 1 unspecified atom stereocenters. The maximum Gasteiger partial charge on any atom is 0.320 e. The van der Waals surface area contributed by atoms with Crippen molar-refractivity contribution in [1.29, 1.82) is 0 Å². The molecule has 98 valence electrons. The van der Waals surface area contributed by atoms with Gasteiger partial charge in [0, 0.05) is 19.1 Å². The van der Waals surface area contributed by atoms with E-state index in [-0.39, 0.29) is 12.0 Å². The van der Waals surface area contributed by atoms with Crippen LogP contribution in [0.1, 0.15) is 26.7 Å². The number of nitrogens with one attached hydrogen (secondary N) is 1. The van der Waals surface area contributed by atoms with Crippen LogP contribution in [0.2, 0.25) is 0 Å². The Balaban J connectivity index is 2.44. The molecule has 0 radical (unpaired) electrons. The van der Waals surface area contributed by atoms with Gasteiger partial charge < -0.3 is 21.1 Å². The second-order valence-corrected chi connectivity index (χ2v) is 4.83. The predicted octanol–water partition coefficient (Wildman–Crippen LogP) is 0.228. The van der Waals surface area contributed by atoms with Crippen LogP contribution in [0, 0.1) is 5.92 Å². The van der Waals surface area contributed by atoms with Crippen LogP contribution in [0.4, 0.5) is 4.79 Å². The van der Waals surface area contributed by atoms with Crippen LogP contribution in [-0.4, -0.2) is 47.2 Å². The van der Waals surface area contributed by atoms with Crippen molar-refractivity contribution in [3.8, 4) is 0 Å². The smallest absolute Gasteiger partial charge is 0.320 e. The zero-order valence-electron chi connectivity index (χ0n) is 10.3. The fraction of sp³-hybridized carbons (Fsp3) is 0.818. The Kier molecular flexibility index (Phi) is 4.74. The highest BCUT2D eigenvalue weighted by Gasteiger charge is 2.27. The molecule has 6 nitrogen and oxygen atoms in total. The van der Waals surface area contributed by atoms with E-state index >= 15 is 0 Å². The van der Waals surface area contributed by atoms with E-state index in [1.165, 1.54) is 0 Å². The lowest BCUT2D eigenvalue weighted by Gasteiger charge is -2.33. The lowest BCUT2D eigenvalue weighted by molar-refractivity contribution is -0.141. The average Bonchev–Trinajstić information content (AvgIpc) is 2.25. The fourth-order valence-electron chi connectivity index (χ4n) is 2.07. The normalized spacial score (nSPS) is 19.4. The van der Waals surface area contributed by atoms with Crippen molar-refractivity contribution in [2.45, 2.75) is 38.8 Å². The molecule has 1 heterocycles. The Morgan fingerprint density at radius 2 is 1.88 bits per heavy atom. The molecule has 0 spiro atoms. The standard InChI is InChI=1S/C11H21N3O3/c1-7(2)9(10(15)16)13-8-3-5-14(6-4-8)11(12)17/h7-9,13H,3-6H2,1-2H3,(H2,12,17)(H,15,16). The van der Waals surface area contributed by atoms with Crippen LogP contribution in [0.5, 0.6) is 0 Å². The zero-order valence-corrected chi connectivity index (χ0v) is 10.3. The number of hydrogen-bond acceptors (Lipinski definition) is 3. The van der Waals surface area contributed by atoms with Gasteiger partial charge in [-0.25, -0.2) is 4.79 Å². The molecule has 4 N–H and O–H groups in total. The monoisotopic (exact) mass is 243 g/mol. The Hall–Kier alpha value is -1.30. The highest BCUT2D eigenvalue weighted by Crippen LogP contribution is 2.13. The number of carboxylic acid groups (broad SMARTS) is 1. The summed E-state index contributed by atoms with van der Waals surface area (Å²) in [6, 6.07) is -0.781. The maximum absolute atomic E-state index is 11.0. The predicted molar refractivity (Wildman–Crippen MR) is 63.6 cm³/mol. The first kappa shape index (κ1) is 13.8. The summed E-state index contributed by atoms with van der Waals surface area (Å²) in [6.07, 6.45) is 1.50. The van der Waals surface area contributed by atoms with E-state index in [0.29, 0.717) is 13.1 Å². The molecule has 1 fully saturated rings. The molecule has 0 saturated carbocycles. The molecule has 1 aliphatic heterocycles. The van der Waals surface area contributed by atoms with Gasteiger partial charge in [0.1, 0.15) is 6.04 Å². The van der Waals surface area contributed by atoms with Crippen molar-refractivity contribution in [2.24, 2.45) is 11.7 Å². The molecule has 0 bridgehead atoms. The minimum absolute atomic E-state index is 0.0432. The van der Waals surface area contributed by atoms with Crippen LogP contribution >= 0.6 is 0 Å². The van der Waals surface area contributed by atoms with Gasteiger partial charge in [0.2, 0.25) is 0 Å². The molecule has 17 heavy (non-hydrogen) atoms. The topological polar surface area (TPSA) is 95.7 Å². The van der Waals surface area contributed by atoms with Crippen molar-refractivity contribution in [1.82, 2.24) is 10.2 Å². The number of carbonyl (C=O) groups excluding carboxylic acids is 1. The minimum Gasteiger partial charge on any atom is -0.480 e. The first-order valence-electron chi connectivity index (χ1n) is 5.95. The van der Waals surface area contributed by atoms with Crippen molar-refractivity contribution in [3.63, 3.8) is 0 Å².